The summed E-state index contributed by atoms with van der Waals surface area (Å²) in [6, 6.07) is 3.45. The molecule has 0 atom stereocenters. The van der Waals surface area contributed by atoms with E-state index in [9.17, 15) is 0 Å². The minimum Gasteiger partial charge on any atom is -0.496 e. The molecule has 0 aliphatic heterocycles. The van der Waals surface area contributed by atoms with E-state index in [0.29, 0.717) is 16.5 Å². The average Bonchev–Trinajstić information content (AvgIpc) is 2.16. The predicted molar refractivity (Wildman–Crippen MR) is 54.6 cm³/mol. The second-order valence-corrected chi connectivity index (χ2v) is 2.86. The smallest absolute Gasteiger partial charge is 0.131 e. The molecule has 0 aromatic heterocycles. The molecule has 0 radical (unpaired) electrons. The van der Waals surface area contributed by atoms with Crippen LogP contribution in [0.2, 0.25) is 5.02 Å². The van der Waals surface area contributed by atoms with E-state index in [1.165, 1.54) is 0 Å². The lowest BCUT2D eigenvalue weighted by molar-refractivity contribution is 0.392. The van der Waals surface area contributed by atoms with Gasteiger partial charge >= 0.3 is 0 Å². The van der Waals surface area contributed by atoms with Crippen LogP contribution in [0, 0.1) is 0 Å². The van der Waals surface area contributed by atoms with Gasteiger partial charge in [-0.1, -0.05) is 24.3 Å². The van der Waals surface area contributed by atoms with E-state index in [4.69, 9.17) is 21.1 Å². The van der Waals surface area contributed by atoms with Crippen LogP contribution < -0.4 is 9.47 Å². The second kappa shape index (κ2) is 4.19. The highest BCUT2D eigenvalue weighted by Crippen LogP contribution is 2.33. The second-order valence-electron chi connectivity index (χ2n) is 2.43. The number of halogens is 1. The Labute approximate surface area is 82.7 Å². The van der Waals surface area contributed by atoms with E-state index < -0.39 is 0 Å². The monoisotopic (exact) mass is 198 g/mol. The molecule has 3 heteroatoms. The third kappa shape index (κ3) is 1.95. The van der Waals surface area contributed by atoms with Crippen LogP contribution in [0.25, 0.3) is 6.08 Å². The number of ether oxygens (including phenoxy) is 2. The Hall–Kier alpha value is -1.15. The lowest BCUT2D eigenvalue weighted by Crippen LogP contribution is -1.92. The summed E-state index contributed by atoms with van der Waals surface area (Å²) >= 11 is 5.84. The molecule has 0 aliphatic rings. The molecule has 13 heavy (non-hydrogen) atoms. The highest BCUT2D eigenvalue weighted by molar-refractivity contribution is 6.31. The molecule has 0 saturated heterocycles. The zero-order chi connectivity index (χ0) is 9.84. The molecule has 0 fully saturated rings. The van der Waals surface area contributed by atoms with Gasteiger partial charge in [0.15, 0.2) is 0 Å². The zero-order valence-corrected chi connectivity index (χ0v) is 8.39. The van der Waals surface area contributed by atoms with Gasteiger partial charge in [-0.3, -0.25) is 0 Å². The Morgan fingerprint density at radius 2 is 1.69 bits per heavy atom. The fourth-order valence-corrected chi connectivity index (χ4v) is 1.31. The molecule has 0 N–H and O–H groups in total. The largest absolute Gasteiger partial charge is 0.496 e. The third-order valence-electron chi connectivity index (χ3n) is 1.71. The van der Waals surface area contributed by atoms with Gasteiger partial charge in [-0.2, -0.15) is 0 Å². The standard InChI is InChI=1S/C10H11ClO2/c1-4-8-9(12-2)5-7(11)6-10(8)13-3/h4-6H,1H2,2-3H3. The fourth-order valence-electron chi connectivity index (χ4n) is 1.11. The molecule has 0 bridgehead atoms. The highest BCUT2D eigenvalue weighted by atomic mass is 35.5. The van der Waals surface area contributed by atoms with Crippen LogP contribution in [0.3, 0.4) is 0 Å². The summed E-state index contributed by atoms with van der Waals surface area (Å²) in [5.74, 6) is 1.33. The molecule has 0 amide bonds. The van der Waals surface area contributed by atoms with Crippen LogP contribution in [0.1, 0.15) is 5.56 Å². The fraction of sp³-hybridized carbons (Fsp3) is 0.200. The van der Waals surface area contributed by atoms with Crippen molar-refractivity contribution in [3.63, 3.8) is 0 Å². The third-order valence-corrected chi connectivity index (χ3v) is 1.93. The predicted octanol–water partition coefficient (Wildman–Crippen LogP) is 3.00. The van der Waals surface area contributed by atoms with Crippen LogP contribution >= 0.6 is 11.6 Å². The Bertz CT molecular complexity index is 296. The van der Waals surface area contributed by atoms with E-state index in [1.807, 2.05) is 0 Å². The van der Waals surface area contributed by atoms with E-state index in [2.05, 4.69) is 6.58 Å². The zero-order valence-electron chi connectivity index (χ0n) is 7.63. The summed E-state index contributed by atoms with van der Waals surface area (Å²) in [4.78, 5) is 0. The van der Waals surface area contributed by atoms with Crippen molar-refractivity contribution in [1.82, 2.24) is 0 Å². The molecule has 0 saturated carbocycles. The SMILES string of the molecule is C=Cc1c(OC)cc(Cl)cc1OC. The van der Waals surface area contributed by atoms with Crippen LogP contribution in [0.15, 0.2) is 18.7 Å². The molecular formula is C10H11ClO2. The molecule has 70 valence electrons. The lowest BCUT2D eigenvalue weighted by Gasteiger charge is -2.10. The van der Waals surface area contributed by atoms with Gasteiger partial charge in [0.05, 0.1) is 19.8 Å². The van der Waals surface area contributed by atoms with Gasteiger partial charge in [0.25, 0.3) is 0 Å². The summed E-state index contributed by atoms with van der Waals surface area (Å²) in [5, 5.41) is 0.583. The van der Waals surface area contributed by atoms with Gasteiger partial charge in [0, 0.05) is 5.02 Å². The number of benzene rings is 1. The molecule has 1 aromatic carbocycles. The number of rotatable bonds is 3. The van der Waals surface area contributed by atoms with E-state index in [0.717, 1.165) is 5.56 Å². The van der Waals surface area contributed by atoms with E-state index >= 15 is 0 Å². The van der Waals surface area contributed by atoms with E-state index in [-0.39, 0.29) is 0 Å². The molecule has 1 aromatic rings. The maximum Gasteiger partial charge on any atom is 0.131 e. The maximum absolute atomic E-state index is 5.84. The summed E-state index contributed by atoms with van der Waals surface area (Å²) in [5.41, 5.74) is 0.814. The molecule has 0 spiro atoms. The van der Waals surface area contributed by atoms with Gasteiger partial charge < -0.3 is 9.47 Å². The molecular weight excluding hydrogens is 188 g/mol. The quantitative estimate of drug-likeness (QED) is 0.744. The van der Waals surface area contributed by atoms with Crippen LogP contribution in [-0.2, 0) is 0 Å². The normalized spacial score (nSPS) is 9.46. The number of methoxy groups -OCH3 is 2. The maximum atomic E-state index is 5.84. The Kier molecular flexibility index (Phi) is 3.20. The Balaban J connectivity index is 3.33. The van der Waals surface area contributed by atoms with Gasteiger partial charge in [-0.25, -0.2) is 0 Å². The summed E-state index contributed by atoms with van der Waals surface area (Å²) in [7, 11) is 3.16. The van der Waals surface area contributed by atoms with Gasteiger partial charge in [0.1, 0.15) is 11.5 Å². The van der Waals surface area contributed by atoms with Crippen molar-refractivity contribution in [3.05, 3.63) is 29.3 Å². The molecule has 2 nitrogen and oxygen atoms in total. The number of hydrogen-bond acceptors (Lipinski definition) is 2. The molecule has 0 aliphatic carbocycles. The van der Waals surface area contributed by atoms with Crippen molar-refractivity contribution in [3.8, 4) is 11.5 Å². The average molecular weight is 199 g/mol. The first kappa shape index (κ1) is 9.93. The highest BCUT2D eigenvalue weighted by Gasteiger charge is 2.07. The first-order valence-corrected chi connectivity index (χ1v) is 4.14. The van der Waals surface area contributed by atoms with Crippen LogP contribution in [-0.4, -0.2) is 14.2 Å². The molecule has 0 heterocycles. The van der Waals surface area contributed by atoms with Crippen molar-refractivity contribution < 1.29 is 9.47 Å². The lowest BCUT2D eigenvalue weighted by atomic mass is 10.2. The van der Waals surface area contributed by atoms with Crippen molar-refractivity contribution >= 4 is 17.7 Å². The minimum absolute atomic E-state index is 0.583. The number of hydrogen-bond donors (Lipinski definition) is 0. The van der Waals surface area contributed by atoms with Crippen LogP contribution in [0.4, 0.5) is 0 Å². The van der Waals surface area contributed by atoms with Gasteiger partial charge in [0.2, 0.25) is 0 Å². The topological polar surface area (TPSA) is 18.5 Å². The summed E-state index contributed by atoms with van der Waals surface area (Å²) in [6.07, 6.45) is 1.67. The Morgan fingerprint density at radius 3 is 2.00 bits per heavy atom. The van der Waals surface area contributed by atoms with E-state index in [1.54, 1.807) is 32.4 Å². The summed E-state index contributed by atoms with van der Waals surface area (Å²) < 4.78 is 10.2. The first-order valence-electron chi connectivity index (χ1n) is 3.77. The summed E-state index contributed by atoms with van der Waals surface area (Å²) in [6.45, 7) is 3.67. The van der Waals surface area contributed by atoms with Crippen molar-refractivity contribution in [2.24, 2.45) is 0 Å². The van der Waals surface area contributed by atoms with Crippen molar-refractivity contribution in [2.75, 3.05) is 14.2 Å². The molecule has 0 unspecified atom stereocenters. The minimum atomic E-state index is 0.583. The first-order chi connectivity index (χ1) is 6.22. The van der Waals surface area contributed by atoms with Gasteiger partial charge in [-0.15, -0.1) is 0 Å². The van der Waals surface area contributed by atoms with Crippen molar-refractivity contribution in [1.29, 1.82) is 0 Å². The van der Waals surface area contributed by atoms with Crippen molar-refractivity contribution in [2.45, 2.75) is 0 Å². The Morgan fingerprint density at radius 1 is 1.23 bits per heavy atom. The van der Waals surface area contributed by atoms with Gasteiger partial charge in [-0.05, 0) is 12.1 Å². The molecule has 1 rings (SSSR count). The van der Waals surface area contributed by atoms with Crippen LogP contribution in [0.5, 0.6) is 11.5 Å².